The number of benzene rings is 4. The summed E-state index contributed by atoms with van der Waals surface area (Å²) < 4.78 is 5.59. The van der Waals surface area contributed by atoms with E-state index in [2.05, 4.69) is 16.0 Å². The zero-order chi connectivity index (χ0) is 26.2. The van der Waals surface area contributed by atoms with Gasteiger partial charge in [0.15, 0.2) is 6.10 Å². The van der Waals surface area contributed by atoms with Gasteiger partial charge in [-0.3, -0.25) is 19.7 Å². The van der Waals surface area contributed by atoms with Crippen LogP contribution in [0.1, 0.15) is 17.3 Å². The molecule has 4 aromatic carbocycles. The van der Waals surface area contributed by atoms with Crippen LogP contribution in [0.4, 0.5) is 28.4 Å². The number of ether oxygens (including phenoxy) is 1. The Bertz CT molecular complexity index is 1390. The van der Waals surface area contributed by atoms with Crippen molar-refractivity contribution >= 4 is 40.3 Å². The van der Waals surface area contributed by atoms with Crippen molar-refractivity contribution in [1.29, 1.82) is 0 Å². The van der Waals surface area contributed by atoms with Crippen LogP contribution in [0.2, 0.25) is 0 Å². The Morgan fingerprint density at radius 1 is 0.757 bits per heavy atom. The van der Waals surface area contributed by atoms with Gasteiger partial charge in [0.1, 0.15) is 5.75 Å². The fourth-order valence-corrected chi connectivity index (χ4v) is 3.45. The third-order valence-electron chi connectivity index (χ3n) is 5.36. The van der Waals surface area contributed by atoms with Crippen molar-refractivity contribution in [3.8, 4) is 5.75 Å². The Kier molecular flexibility index (Phi) is 7.75. The summed E-state index contributed by atoms with van der Waals surface area (Å²) in [5.74, 6) is -0.553. The molecule has 0 spiro atoms. The van der Waals surface area contributed by atoms with Gasteiger partial charge in [0.05, 0.1) is 16.2 Å². The molecular weight excluding hydrogens is 472 g/mol. The van der Waals surface area contributed by atoms with Crippen LogP contribution in [-0.2, 0) is 4.79 Å². The summed E-state index contributed by atoms with van der Waals surface area (Å²) in [5, 5.41) is 19.6. The Morgan fingerprint density at radius 2 is 1.35 bits per heavy atom. The van der Waals surface area contributed by atoms with E-state index in [9.17, 15) is 19.7 Å². The Morgan fingerprint density at radius 3 is 2.03 bits per heavy atom. The third-order valence-corrected chi connectivity index (χ3v) is 5.36. The molecule has 1 atom stereocenters. The SMILES string of the molecule is CC(Oc1ccc([N+](=O)[O-])cc1)C(=O)Nc1ccccc1C(=O)Nc1ccc(Nc2ccccc2)cc1. The molecule has 9 nitrogen and oxygen atoms in total. The van der Waals surface area contributed by atoms with Gasteiger partial charge in [0.25, 0.3) is 17.5 Å². The molecule has 0 saturated carbocycles. The van der Waals surface area contributed by atoms with Crippen LogP contribution in [0.3, 0.4) is 0 Å². The second-order valence-corrected chi connectivity index (χ2v) is 8.07. The number of anilines is 4. The third kappa shape index (κ3) is 6.70. The number of nitro benzene ring substituents is 1. The quantitative estimate of drug-likeness (QED) is 0.193. The van der Waals surface area contributed by atoms with Gasteiger partial charge < -0.3 is 20.7 Å². The second kappa shape index (κ2) is 11.5. The average Bonchev–Trinajstić information content (AvgIpc) is 2.91. The van der Waals surface area contributed by atoms with Gasteiger partial charge in [-0.05, 0) is 67.6 Å². The number of hydrogen-bond acceptors (Lipinski definition) is 6. The van der Waals surface area contributed by atoms with Gasteiger partial charge in [0.2, 0.25) is 0 Å². The van der Waals surface area contributed by atoms with Crippen molar-refractivity contribution < 1.29 is 19.2 Å². The van der Waals surface area contributed by atoms with Crippen molar-refractivity contribution in [2.45, 2.75) is 13.0 Å². The molecule has 9 heteroatoms. The van der Waals surface area contributed by atoms with Gasteiger partial charge in [-0.1, -0.05) is 30.3 Å². The molecule has 4 rings (SSSR count). The molecule has 37 heavy (non-hydrogen) atoms. The smallest absolute Gasteiger partial charge is 0.269 e. The molecule has 1 unspecified atom stereocenters. The van der Waals surface area contributed by atoms with Crippen LogP contribution < -0.4 is 20.7 Å². The molecule has 0 aliphatic heterocycles. The van der Waals surface area contributed by atoms with E-state index in [1.54, 1.807) is 43.3 Å². The highest BCUT2D eigenvalue weighted by Crippen LogP contribution is 2.22. The normalized spacial score (nSPS) is 11.2. The molecule has 0 fully saturated rings. The lowest BCUT2D eigenvalue weighted by molar-refractivity contribution is -0.384. The molecule has 0 aliphatic rings. The van der Waals surface area contributed by atoms with Crippen LogP contribution >= 0.6 is 0 Å². The summed E-state index contributed by atoms with van der Waals surface area (Å²) >= 11 is 0. The number of carbonyl (C=O) groups excluding carboxylic acids is 2. The van der Waals surface area contributed by atoms with Gasteiger partial charge in [-0.25, -0.2) is 0 Å². The molecule has 0 aliphatic carbocycles. The van der Waals surface area contributed by atoms with E-state index >= 15 is 0 Å². The zero-order valence-electron chi connectivity index (χ0n) is 19.9. The number of nitrogens with one attached hydrogen (secondary N) is 3. The fourth-order valence-electron chi connectivity index (χ4n) is 3.45. The zero-order valence-corrected chi connectivity index (χ0v) is 19.9. The highest BCUT2D eigenvalue weighted by Gasteiger charge is 2.19. The first-order valence-electron chi connectivity index (χ1n) is 11.4. The first-order valence-corrected chi connectivity index (χ1v) is 11.4. The topological polar surface area (TPSA) is 123 Å². The molecular formula is C28H24N4O5. The highest BCUT2D eigenvalue weighted by molar-refractivity contribution is 6.10. The van der Waals surface area contributed by atoms with Gasteiger partial charge >= 0.3 is 0 Å². The minimum Gasteiger partial charge on any atom is -0.481 e. The maximum atomic E-state index is 13.0. The van der Waals surface area contributed by atoms with E-state index in [1.165, 1.54) is 24.3 Å². The summed E-state index contributed by atoms with van der Waals surface area (Å²) in [5.41, 5.74) is 2.96. The fraction of sp³-hybridized carbons (Fsp3) is 0.0714. The van der Waals surface area contributed by atoms with E-state index < -0.39 is 16.9 Å². The number of non-ortho nitro benzene ring substituents is 1. The van der Waals surface area contributed by atoms with E-state index in [-0.39, 0.29) is 17.2 Å². The molecule has 0 radical (unpaired) electrons. The summed E-state index contributed by atoms with van der Waals surface area (Å²) in [6.45, 7) is 1.55. The lowest BCUT2D eigenvalue weighted by Gasteiger charge is -2.16. The number of carbonyl (C=O) groups is 2. The second-order valence-electron chi connectivity index (χ2n) is 8.07. The van der Waals surface area contributed by atoms with Gasteiger partial charge in [-0.15, -0.1) is 0 Å². The van der Waals surface area contributed by atoms with Crippen LogP contribution in [0.25, 0.3) is 0 Å². The van der Waals surface area contributed by atoms with Crippen LogP contribution in [-0.4, -0.2) is 22.8 Å². The summed E-state index contributed by atoms with van der Waals surface area (Å²) in [4.78, 5) is 36.0. The number of amides is 2. The summed E-state index contributed by atoms with van der Waals surface area (Å²) in [6.07, 6.45) is -0.915. The number of para-hydroxylation sites is 2. The number of nitro groups is 1. The highest BCUT2D eigenvalue weighted by atomic mass is 16.6. The lowest BCUT2D eigenvalue weighted by atomic mass is 10.1. The standard InChI is InChI=1S/C28H24N4O5/c1-19(37-24-17-15-23(16-18-24)32(35)36)27(33)31-26-10-6-5-9-25(26)28(34)30-22-13-11-21(12-14-22)29-20-7-3-2-4-8-20/h2-19,29H,1H3,(H,30,34)(H,31,33). The molecule has 3 N–H and O–H groups in total. The summed E-state index contributed by atoms with van der Waals surface area (Å²) in [7, 11) is 0. The van der Waals surface area contributed by atoms with Crippen LogP contribution in [0.5, 0.6) is 5.75 Å². The van der Waals surface area contributed by atoms with Crippen molar-refractivity contribution in [2.24, 2.45) is 0 Å². The molecule has 0 bridgehead atoms. The first kappa shape index (κ1) is 24.9. The molecule has 0 heterocycles. The molecule has 4 aromatic rings. The molecule has 2 amide bonds. The molecule has 0 saturated heterocycles. The maximum absolute atomic E-state index is 13.0. The predicted molar refractivity (Wildman–Crippen MR) is 142 cm³/mol. The van der Waals surface area contributed by atoms with E-state index in [1.807, 2.05) is 42.5 Å². The minimum absolute atomic E-state index is 0.0773. The first-order chi connectivity index (χ1) is 17.9. The molecule has 0 aromatic heterocycles. The van der Waals surface area contributed by atoms with Gasteiger partial charge in [0, 0.05) is 29.2 Å². The molecule has 186 valence electrons. The van der Waals surface area contributed by atoms with Crippen LogP contribution in [0.15, 0.2) is 103 Å². The number of hydrogen-bond donors (Lipinski definition) is 3. The van der Waals surface area contributed by atoms with Crippen molar-refractivity contribution in [1.82, 2.24) is 0 Å². The lowest BCUT2D eigenvalue weighted by Crippen LogP contribution is -2.31. The van der Waals surface area contributed by atoms with Crippen LogP contribution in [0, 0.1) is 10.1 Å². The van der Waals surface area contributed by atoms with Gasteiger partial charge in [-0.2, -0.15) is 0 Å². The van der Waals surface area contributed by atoms with Crippen molar-refractivity contribution in [3.05, 3.63) is 119 Å². The predicted octanol–water partition coefficient (Wildman–Crippen LogP) is 6.00. The number of rotatable bonds is 9. The Labute approximate surface area is 213 Å². The Balaban J connectivity index is 1.38. The average molecular weight is 497 g/mol. The van der Waals surface area contributed by atoms with Crippen molar-refractivity contribution in [3.63, 3.8) is 0 Å². The van der Waals surface area contributed by atoms with E-state index in [0.717, 1.165) is 11.4 Å². The van der Waals surface area contributed by atoms with E-state index in [0.29, 0.717) is 17.1 Å². The Hall–Kier alpha value is -5.18. The number of nitrogens with zero attached hydrogens (tertiary/aromatic N) is 1. The van der Waals surface area contributed by atoms with Crippen molar-refractivity contribution in [2.75, 3.05) is 16.0 Å². The largest absolute Gasteiger partial charge is 0.481 e. The summed E-state index contributed by atoms with van der Waals surface area (Å²) in [6, 6.07) is 29.1. The minimum atomic E-state index is -0.915. The monoisotopic (exact) mass is 496 g/mol. The van der Waals surface area contributed by atoms with E-state index in [4.69, 9.17) is 4.74 Å². The maximum Gasteiger partial charge on any atom is 0.269 e.